The van der Waals surface area contributed by atoms with E-state index in [4.69, 9.17) is 0 Å². The molecule has 92 valence electrons. The first-order chi connectivity index (χ1) is 7.58. The summed E-state index contributed by atoms with van der Waals surface area (Å²) in [6, 6.07) is -2.92. The Kier molecular flexibility index (Phi) is 2.38. The number of nitrogens with zero attached hydrogens (tertiary/aromatic N) is 4. The molecule has 1 aliphatic carbocycles. The third kappa shape index (κ3) is 1.38. The third-order valence-electron chi connectivity index (χ3n) is 3.26. The fourth-order valence-electron chi connectivity index (χ4n) is 2.43. The van der Waals surface area contributed by atoms with Crippen molar-refractivity contribution < 1.29 is 9.88 Å². The SMILES string of the molecule is [O-]N1ON([O-])C2CC3C(CC21)N([O-])ON3[O-]. The second-order valence-electron chi connectivity index (χ2n) is 4.05. The topological polar surface area (TPSA) is 124 Å². The number of fused-ring (bicyclic) bond motifs is 2. The highest BCUT2D eigenvalue weighted by Gasteiger charge is 2.47. The van der Waals surface area contributed by atoms with Crippen LogP contribution in [0.2, 0.25) is 0 Å². The fraction of sp³-hybridized carbons (Fsp3) is 1.00. The van der Waals surface area contributed by atoms with Crippen molar-refractivity contribution in [3.8, 4) is 0 Å². The molecule has 10 heteroatoms. The number of hydrogen-bond donors (Lipinski definition) is 0. The molecular formula is C6H8N4O6-4. The number of rotatable bonds is 0. The van der Waals surface area contributed by atoms with E-state index in [0.29, 0.717) is 0 Å². The third-order valence-corrected chi connectivity index (χ3v) is 3.26. The molecule has 2 aliphatic heterocycles. The van der Waals surface area contributed by atoms with Crippen molar-refractivity contribution in [2.24, 2.45) is 0 Å². The summed E-state index contributed by atoms with van der Waals surface area (Å²) in [4.78, 5) is 8.64. The van der Waals surface area contributed by atoms with E-state index in [0.717, 1.165) is 0 Å². The van der Waals surface area contributed by atoms with E-state index in [-0.39, 0.29) is 33.7 Å². The van der Waals surface area contributed by atoms with Gasteiger partial charge >= 0.3 is 0 Å². The maximum absolute atomic E-state index is 11.2. The summed E-state index contributed by atoms with van der Waals surface area (Å²) < 4.78 is 0. The maximum Gasteiger partial charge on any atom is 0.0423 e. The molecule has 4 atom stereocenters. The van der Waals surface area contributed by atoms with Gasteiger partial charge < -0.3 is 20.8 Å². The Labute approximate surface area is 89.6 Å². The van der Waals surface area contributed by atoms with E-state index in [2.05, 4.69) is 9.88 Å². The minimum Gasteiger partial charge on any atom is -0.760 e. The molecule has 0 N–H and O–H groups in total. The quantitative estimate of drug-likeness (QED) is 0.522. The van der Waals surface area contributed by atoms with Gasteiger partial charge in [-0.25, -0.2) is 30.8 Å². The zero-order valence-corrected chi connectivity index (χ0v) is 7.96. The van der Waals surface area contributed by atoms with Crippen molar-refractivity contribution in [3.05, 3.63) is 20.8 Å². The summed E-state index contributed by atoms with van der Waals surface area (Å²) in [7, 11) is 0. The van der Waals surface area contributed by atoms with E-state index in [9.17, 15) is 20.8 Å². The van der Waals surface area contributed by atoms with Crippen molar-refractivity contribution in [3.63, 3.8) is 0 Å². The first-order valence-corrected chi connectivity index (χ1v) is 4.79. The zero-order valence-electron chi connectivity index (χ0n) is 7.96. The maximum atomic E-state index is 11.2. The van der Waals surface area contributed by atoms with E-state index in [1.165, 1.54) is 0 Å². The molecule has 2 heterocycles. The smallest absolute Gasteiger partial charge is 0.0423 e. The monoisotopic (exact) mass is 232 g/mol. The molecule has 0 aromatic heterocycles. The van der Waals surface area contributed by atoms with Crippen LogP contribution in [0.1, 0.15) is 12.8 Å². The normalized spacial score (nSPS) is 47.2. The van der Waals surface area contributed by atoms with Crippen LogP contribution < -0.4 is 0 Å². The summed E-state index contributed by atoms with van der Waals surface area (Å²) in [5.41, 5.74) is 0. The molecule has 0 bridgehead atoms. The van der Waals surface area contributed by atoms with E-state index in [1.807, 2.05) is 0 Å². The fourth-order valence-corrected chi connectivity index (χ4v) is 2.43. The second kappa shape index (κ2) is 3.54. The molecule has 3 fully saturated rings. The van der Waals surface area contributed by atoms with Crippen LogP contribution in [0, 0.1) is 20.8 Å². The minimum atomic E-state index is -0.731. The van der Waals surface area contributed by atoms with Gasteiger partial charge in [-0.15, -0.1) is 0 Å². The van der Waals surface area contributed by atoms with Crippen LogP contribution in [0.5, 0.6) is 0 Å². The van der Waals surface area contributed by atoms with Crippen LogP contribution in [0.15, 0.2) is 0 Å². The van der Waals surface area contributed by atoms with Gasteiger partial charge in [0.25, 0.3) is 0 Å². The average Bonchev–Trinajstić information content (AvgIpc) is 2.67. The van der Waals surface area contributed by atoms with Gasteiger partial charge in [-0.3, -0.25) is 0 Å². The predicted molar refractivity (Wildman–Crippen MR) is 47.4 cm³/mol. The Bertz CT molecular complexity index is 242. The van der Waals surface area contributed by atoms with E-state index >= 15 is 0 Å². The lowest BCUT2D eigenvalue weighted by Crippen LogP contribution is -2.51. The van der Waals surface area contributed by atoms with E-state index < -0.39 is 24.2 Å². The molecule has 10 nitrogen and oxygen atoms in total. The highest BCUT2D eigenvalue weighted by molar-refractivity contribution is 5.02. The summed E-state index contributed by atoms with van der Waals surface area (Å²) in [5.74, 6) is 0. The van der Waals surface area contributed by atoms with Crippen molar-refractivity contribution in [1.29, 1.82) is 0 Å². The van der Waals surface area contributed by atoms with Crippen molar-refractivity contribution in [2.45, 2.75) is 37.0 Å². The van der Waals surface area contributed by atoms with Gasteiger partial charge in [0.1, 0.15) is 0 Å². The molecular weight excluding hydrogens is 224 g/mol. The Morgan fingerprint density at radius 1 is 0.625 bits per heavy atom. The van der Waals surface area contributed by atoms with Crippen LogP contribution in [-0.4, -0.2) is 45.1 Å². The van der Waals surface area contributed by atoms with Crippen molar-refractivity contribution >= 4 is 0 Å². The lowest BCUT2D eigenvalue weighted by molar-refractivity contribution is -0.246. The van der Waals surface area contributed by atoms with Crippen molar-refractivity contribution in [2.75, 3.05) is 0 Å². The highest BCUT2D eigenvalue weighted by atomic mass is 17.1. The Morgan fingerprint density at radius 3 is 1.12 bits per heavy atom. The lowest BCUT2D eigenvalue weighted by Gasteiger charge is -2.42. The second-order valence-corrected chi connectivity index (χ2v) is 4.05. The van der Waals surface area contributed by atoms with Gasteiger partial charge in [-0.2, -0.15) is 0 Å². The molecule has 0 radical (unpaired) electrons. The van der Waals surface area contributed by atoms with Gasteiger partial charge in [0.2, 0.25) is 0 Å². The van der Waals surface area contributed by atoms with Crippen LogP contribution in [-0.2, 0) is 9.88 Å². The first-order valence-electron chi connectivity index (χ1n) is 4.79. The molecule has 1 saturated carbocycles. The summed E-state index contributed by atoms with van der Waals surface area (Å²) in [6.45, 7) is 0. The van der Waals surface area contributed by atoms with Crippen LogP contribution in [0.25, 0.3) is 0 Å². The summed E-state index contributed by atoms with van der Waals surface area (Å²) in [5, 5.41) is 45.5. The van der Waals surface area contributed by atoms with Gasteiger partial charge in [0.15, 0.2) is 0 Å². The van der Waals surface area contributed by atoms with Gasteiger partial charge in [-0.05, 0) is 12.8 Å². The minimum absolute atomic E-state index is 0.0693. The summed E-state index contributed by atoms with van der Waals surface area (Å²) in [6.07, 6.45) is 0.139. The standard InChI is InChI=1S/C6H8N4O6/c11-7-3-1-4-6(10(14)16-8(4)12)2-5(3)9(13)15-7/h3-6H,1-2H2/q-4. The molecule has 3 rings (SSSR count). The first kappa shape index (κ1) is 10.7. The van der Waals surface area contributed by atoms with Gasteiger partial charge in [-0.1, -0.05) is 0 Å². The molecule has 0 aromatic carbocycles. The Hall–Kier alpha value is -0.400. The molecule has 4 unspecified atom stereocenters. The molecule has 16 heavy (non-hydrogen) atoms. The van der Waals surface area contributed by atoms with Crippen LogP contribution >= 0.6 is 0 Å². The lowest BCUT2D eigenvalue weighted by atomic mass is 9.84. The molecule has 0 aromatic rings. The molecule has 0 spiro atoms. The zero-order chi connectivity index (χ0) is 11.4. The van der Waals surface area contributed by atoms with Crippen LogP contribution in [0.4, 0.5) is 0 Å². The van der Waals surface area contributed by atoms with Crippen LogP contribution in [0.3, 0.4) is 0 Å². The summed E-state index contributed by atoms with van der Waals surface area (Å²) >= 11 is 0. The predicted octanol–water partition coefficient (Wildman–Crippen LogP) is -0.826. The van der Waals surface area contributed by atoms with Gasteiger partial charge in [0.05, 0.1) is 0 Å². The highest BCUT2D eigenvalue weighted by Crippen LogP contribution is 2.39. The average molecular weight is 232 g/mol. The van der Waals surface area contributed by atoms with Crippen molar-refractivity contribution in [1.82, 2.24) is 20.9 Å². The molecule has 0 amide bonds. The number of hydrogen-bond acceptors (Lipinski definition) is 10. The largest absolute Gasteiger partial charge is 0.760 e. The molecule has 3 aliphatic rings. The van der Waals surface area contributed by atoms with Gasteiger partial charge in [0, 0.05) is 24.2 Å². The molecule has 2 saturated heterocycles. The Balaban J connectivity index is 1.81. The number of hydroxylamine groups is 8. The van der Waals surface area contributed by atoms with E-state index in [1.54, 1.807) is 0 Å². The Morgan fingerprint density at radius 2 is 0.875 bits per heavy atom.